The summed E-state index contributed by atoms with van der Waals surface area (Å²) in [4.78, 5) is 16.4. The molecule has 0 saturated heterocycles. The fourth-order valence-electron chi connectivity index (χ4n) is 2.51. The van der Waals surface area contributed by atoms with Crippen LogP contribution in [0.5, 0.6) is 0 Å². The van der Waals surface area contributed by atoms with E-state index in [1.165, 1.54) is 6.08 Å². The van der Waals surface area contributed by atoms with Crippen LogP contribution in [0.15, 0.2) is 42.6 Å². The van der Waals surface area contributed by atoms with Gasteiger partial charge in [0.2, 0.25) is 5.91 Å². The van der Waals surface area contributed by atoms with Crippen molar-refractivity contribution in [2.75, 3.05) is 5.32 Å². The molecule has 5 heteroatoms. The first-order valence-corrected chi connectivity index (χ1v) is 7.38. The van der Waals surface area contributed by atoms with E-state index in [4.69, 9.17) is 0 Å². The summed E-state index contributed by atoms with van der Waals surface area (Å²) in [5.41, 5.74) is 4.49. The highest BCUT2D eigenvalue weighted by molar-refractivity contribution is 6.02. The van der Waals surface area contributed by atoms with Gasteiger partial charge in [0.05, 0.1) is 23.1 Å². The van der Waals surface area contributed by atoms with Crippen LogP contribution in [0.1, 0.15) is 17.0 Å². The molecular weight excluding hydrogens is 288 g/mol. The van der Waals surface area contributed by atoms with Gasteiger partial charge in [-0.25, -0.2) is 0 Å². The molecule has 0 aliphatic heterocycles. The van der Waals surface area contributed by atoms with Crippen molar-refractivity contribution in [3.63, 3.8) is 0 Å². The second-order valence-corrected chi connectivity index (χ2v) is 5.45. The Balaban J connectivity index is 1.76. The molecule has 2 aromatic heterocycles. The Bertz CT molecular complexity index is 909. The summed E-state index contributed by atoms with van der Waals surface area (Å²) in [6, 6.07) is 9.71. The number of rotatable bonds is 3. The second kappa shape index (κ2) is 6.04. The van der Waals surface area contributed by atoms with Gasteiger partial charge in [-0.05, 0) is 32.1 Å². The summed E-state index contributed by atoms with van der Waals surface area (Å²) >= 11 is 0. The first-order chi connectivity index (χ1) is 11.0. The third-order valence-corrected chi connectivity index (χ3v) is 3.82. The molecular formula is C18H18N4O. The molecule has 0 spiro atoms. The molecule has 0 saturated carbocycles. The molecule has 0 aliphatic rings. The predicted molar refractivity (Wildman–Crippen MR) is 92.1 cm³/mol. The number of carbonyl (C=O) groups is 1. The van der Waals surface area contributed by atoms with Gasteiger partial charge in [-0.3, -0.25) is 14.5 Å². The molecule has 0 bridgehead atoms. The number of aromatic nitrogens is 3. The van der Waals surface area contributed by atoms with E-state index in [2.05, 4.69) is 15.4 Å². The zero-order valence-electron chi connectivity index (χ0n) is 13.4. The largest absolute Gasteiger partial charge is 0.321 e. The molecule has 0 atom stereocenters. The average molecular weight is 306 g/mol. The molecule has 116 valence electrons. The molecule has 0 unspecified atom stereocenters. The fourth-order valence-corrected chi connectivity index (χ4v) is 2.51. The zero-order chi connectivity index (χ0) is 16.4. The van der Waals surface area contributed by atoms with E-state index in [9.17, 15) is 4.79 Å². The molecule has 0 aliphatic carbocycles. The van der Waals surface area contributed by atoms with Gasteiger partial charge < -0.3 is 5.32 Å². The van der Waals surface area contributed by atoms with Crippen molar-refractivity contribution in [1.29, 1.82) is 0 Å². The highest BCUT2D eigenvalue weighted by Gasteiger charge is 2.07. The average Bonchev–Trinajstić information content (AvgIpc) is 2.78. The minimum Gasteiger partial charge on any atom is -0.321 e. The van der Waals surface area contributed by atoms with E-state index in [-0.39, 0.29) is 5.91 Å². The predicted octanol–water partition coefficient (Wildman–Crippen LogP) is 3.24. The van der Waals surface area contributed by atoms with Crippen LogP contribution in [-0.2, 0) is 11.8 Å². The number of fused-ring (bicyclic) bond motifs is 1. The van der Waals surface area contributed by atoms with Crippen LogP contribution < -0.4 is 5.32 Å². The summed E-state index contributed by atoms with van der Waals surface area (Å²) < 4.78 is 1.81. The smallest absolute Gasteiger partial charge is 0.248 e. The lowest BCUT2D eigenvalue weighted by Gasteiger charge is -2.03. The Labute approximate surface area is 134 Å². The lowest BCUT2D eigenvalue weighted by molar-refractivity contribution is -0.111. The standard InChI is InChI=1S/C18H18N4O/c1-12-16(13(2)22(3)21-12)8-9-18(23)20-15-10-14-6-4-5-7-17(14)19-11-15/h4-11H,1-3H3,(H,20,23)/b9-8+. The van der Waals surface area contributed by atoms with Crippen molar-refractivity contribution in [3.8, 4) is 0 Å². The van der Waals surface area contributed by atoms with Crippen LogP contribution in [-0.4, -0.2) is 20.7 Å². The first kappa shape index (κ1) is 15.0. The van der Waals surface area contributed by atoms with E-state index in [0.29, 0.717) is 5.69 Å². The molecule has 5 nitrogen and oxygen atoms in total. The Morgan fingerprint density at radius 1 is 1.26 bits per heavy atom. The number of anilines is 1. The van der Waals surface area contributed by atoms with Gasteiger partial charge in [0.15, 0.2) is 0 Å². The SMILES string of the molecule is Cc1nn(C)c(C)c1/C=C/C(=O)Nc1cnc2ccccc2c1. The number of hydrogen-bond donors (Lipinski definition) is 1. The zero-order valence-corrected chi connectivity index (χ0v) is 13.4. The van der Waals surface area contributed by atoms with E-state index < -0.39 is 0 Å². The molecule has 0 fully saturated rings. The lowest BCUT2D eigenvalue weighted by Crippen LogP contribution is -2.08. The van der Waals surface area contributed by atoms with Crippen molar-refractivity contribution in [1.82, 2.24) is 14.8 Å². The van der Waals surface area contributed by atoms with Crippen LogP contribution in [0, 0.1) is 13.8 Å². The summed E-state index contributed by atoms with van der Waals surface area (Å²) in [7, 11) is 1.89. The van der Waals surface area contributed by atoms with Crippen LogP contribution in [0.25, 0.3) is 17.0 Å². The van der Waals surface area contributed by atoms with E-state index in [1.54, 1.807) is 17.0 Å². The number of benzene rings is 1. The highest BCUT2D eigenvalue weighted by atomic mass is 16.1. The number of pyridine rings is 1. The minimum atomic E-state index is -0.190. The van der Waals surface area contributed by atoms with Crippen LogP contribution in [0.4, 0.5) is 5.69 Å². The number of nitrogens with one attached hydrogen (secondary N) is 1. The Morgan fingerprint density at radius 3 is 2.78 bits per heavy atom. The summed E-state index contributed by atoms with van der Waals surface area (Å²) in [5.74, 6) is -0.190. The lowest BCUT2D eigenvalue weighted by atomic mass is 10.2. The Hall–Kier alpha value is -2.95. The monoisotopic (exact) mass is 306 g/mol. The summed E-state index contributed by atoms with van der Waals surface area (Å²) in [6.45, 7) is 3.91. The van der Waals surface area contributed by atoms with Crippen LogP contribution >= 0.6 is 0 Å². The van der Waals surface area contributed by atoms with Gasteiger partial charge >= 0.3 is 0 Å². The number of amides is 1. The van der Waals surface area contributed by atoms with E-state index >= 15 is 0 Å². The van der Waals surface area contributed by atoms with Gasteiger partial charge in [0.1, 0.15) is 0 Å². The third-order valence-electron chi connectivity index (χ3n) is 3.82. The molecule has 0 radical (unpaired) electrons. The van der Waals surface area contributed by atoms with Gasteiger partial charge in [0, 0.05) is 29.8 Å². The normalized spacial score (nSPS) is 11.3. The van der Waals surface area contributed by atoms with Crippen molar-refractivity contribution in [3.05, 3.63) is 59.6 Å². The van der Waals surface area contributed by atoms with Gasteiger partial charge in [0.25, 0.3) is 0 Å². The molecule has 1 N–H and O–H groups in total. The van der Waals surface area contributed by atoms with Gasteiger partial charge in [-0.2, -0.15) is 5.10 Å². The number of para-hydroxylation sites is 1. The number of carbonyl (C=O) groups excluding carboxylic acids is 1. The summed E-state index contributed by atoms with van der Waals surface area (Å²) in [5, 5.41) is 8.16. The van der Waals surface area contributed by atoms with Crippen LogP contribution in [0.2, 0.25) is 0 Å². The quantitative estimate of drug-likeness (QED) is 0.756. The van der Waals surface area contributed by atoms with Crippen LogP contribution in [0.3, 0.4) is 0 Å². The molecule has 2 heterocycles. The fraction of sp³-hybridized carbons (Fsp3) is 0.167. The Morgan fingerprint density at radius 2 is 2.04 bits per heavy atom. The maximum atomic E-state index is 12.1. The van der Waals surface area contributed by atoms with E-state index in [1.807, 2.05) is 51.2 Å². The second-order valence-electron chi connectivity index (χ2n) is 5.45. The number of aryl methyl sites for hydroxylation is 2. The minimum absolute atomic E-state index is 0.190. The molecule has 3 rings (SSSR count). The first-order valence-electron chi connectivity index (χ1n) is 7.38. The number of hydrogen-bond acceptors (Lipinski definition) is 3. The van der Waals surface area contributed by atoms with E-state index in [0.717, 1.165) is 27.9 Å². The highest BCUT2D eigenvalue weighted by Crippen LogP contribution is 2.17. The van der Waals surface area contributed by atoms with Gasteiger partial charge in [-0.15, -0.1) is 0 Å². The third kappa shape index (κ3) is 3.13. The van der Waals surface area contributed by atoms with Crippen molar-refractivity contribution >= 4 is 28.6 Å². The maximum Gasteiger partial charge on any atom is 0.248 e. The maximum absolute atomic E-state index is 12.1. The topological polar surface area (TPSA) is 59.8 Å². The van der Waals surface area contributed by atoms with Crippen molar-refractivity contribution in [2.24, 2.45) is 7.05 Å². The summed E-state index contributed by atoms with van der Waals surface area (Å²) in [6.07, 6.45) is 4.97. The Kier molecular flexibility index (Phi) is 3.93. The van der Waals surface area contributed by atoms with Crippen molar-refractivity contribution in [2.45, 2.75) is 13.8 Å². The number of nitrogens with zero attached hydrogens (tertiary/aromatic N) is 3. The molecule has 23 heavy (non-hydrogen) atoms. The molecule has 1 amide bonds. The molecule has 3 aromatic rings. The van der Waals surface area contributed by atoms with Gasteiger partial charge in [-0.1, -0.05) is 18.2 Å². The molecule has 1 aromatic carbocycles. The van der Waals surface area contributed by atoms with Crippen molar-refractivity contribution < 1.29 is 4.79 Å².